The van der Waals surface area contributed by atoms with Gasteiger partial charge in [-0.05, 0) is 49.1 Å². The van der Waals surface area contributed by atoms with Crippen molar-refractivity contribution < 1.29 is 0 Å². The van der Waals surface area contributed by atoms with Gasteiger partial charge in [-0.1, -0.05) is 13.8 Å². The van der Waals surface area contributed by atoms with Gasteiger partial charge in [-0.25, -0.2) is 4.52 Å². The number of nitrogens with zero attached hydrogens (tertiary/aromatic N) is 2. The molecule has 2 rings (SSSR count). The predicted octanol–water partition coefficient (Wildman–Crippen LogP) is 2.34. The maximum absolute atomic E-state index is 5.83. The first-order valence-corrected chi connectivity index (χ1v) is 5.78. The first-order valence-electron chi connectivity index (χ1n) is 5.78. The largest absolute Gasteiger partial charge is 0.330 e. The SMILES string of the molecule is Cc1cc2cc(C(CN)C(C)C)ccn2n1. The lowest BCUT2D eigenvalue weighted by Crippen LogP contribution is -2.17. The summed E-state index contributed by atoms with van der Waals surface area (Å²) in [6.45, 7) is 7.13. The topological polar surface area (TPSA) is 43.3 Å². The van der Waals surface area contributed by atoms with Crippen molar-refractivity contribution in [1.29, 1.82) is 0 Å². The Labute approximate surface area is 96.3 Å². The molecule has 0 amide bonds. The maximum atomic E-state index is 5.83. The standard InChI is InChI=1S/C13H19N3/c1-9(2)13(8-14)11-4-5-16-12(7-11)6-10(3)15-16/h4-7,9,13H,8,14H2,1-3H3. The lowest BCUT2D eigenvalue weighted by Gasteiger charge is -2.19. The Morgan fingerprint density at radius 3 is 2.75 bits per heavy atom. The van der Waals surface area contributed by atoms with Crippen LogP contribution in [0.3, 0.4) is 0 Å². The van der Waals surface area contributed by atoms with Gasteiger partial charge in [0, 0.05) is 6.20 Å². The second kappa shape index (κ2) is 4.26. The number of pyridine rings is 1. The van der Waals surface area contributed by atoms with E-state index in [9.17, 15) is 0 Å². The van der Waals surface area contributed by atoms with Gasteiger partial charge in [0.2, 0.25) is 0 Å². The summed E-state index contributed by atoms with van der Waals surface area (Å²) in [7, 11) is 0. The van der Waals surface area contributed by atoms with Gasteiger partial charge in [0.15, 0.2) is 0 Å². The molecule has 3 heteroatoms. The molecule has 2 heterocycles. The molecule has 0 aliphatic rings. The van der Waals surface area contributed by atoms with Crippen LogP contribution in [0, 0.1) is 12.8 Å². The van der Waals surface area contributed by atoms with E-state index in [1.54, 1.807) is 0 Å². The van der Waals surface area contributed by atoms with Gasteiger partial charge in [-0.2, -0.15) is 5.10 Å². The van der Waals surface area contributed by atoms with Gasteiger partial charge in [0.1, 0.15) is 0 Å². The third-order valence-electron chi connectivity index (χ3n) is 3.10. The minimum Gasteiger partial charge on any atom is -0.330 e. The minimum absolute atomic E-state index is 0.431. The van der Waals surface area contributed by atoms with E-state index >= 15 is 0 Å². The van der Waals surface area contributed by atoms with E-state index in [1.807, 2.05) is 17.6 Å². The van der Waals surface area contributed by atoms with Crippen molar-refractivity contribution in [2.75, 3.05) is 6.54 Å². The third kappa shape index (κ3) is 1.95. The average molecular weight is 217 g/mol. The van der Waals surface area contributed by atoms with Crippen LogP contribution in [0.1, 0.15) is 31.0 Å². The van der Waals surface area contributed by atoms with Crippen molar-refractivity contribution in [3.8, 4) is 0 Å². The van der Waals surface area contributed by atoms with Crippen LogP contribution in [-0.4, -0.2) is 16.2 Å². The quantitative estimate of drug-likeness (QED) is 0.857. The number of hydrogen-bond donors (Lipinski definition) is 1. The van der Waals surface area contributed by atoms with Crippen LogP contribution in [0.25, 0.3) is 5.52 Å². The summed E-state index contributed by atoms with van der Waals surface area (Å²) < 4.78 is 1.91. The smallest absolute Gasteiger partial charge is 0.0667 e. The van der Waals surface area contributed by atoms with E-state index in [0.29, 0.717) is 18.4 Å². The first kappa shape index (κ1) is 11.1. The monoisotopic (exact) mass is 217 g/mol. The molecule has 0 bridgehead atoms. The molecule has 0 radical (unpaired) electrons. The van der Waals surface area contributed by atoms with Crippen LogP contribution in [-0.2, 0) is 0 Å². The normalized spacial score (nSPS) is 13.6. The molecule has 0 spiro atoms. The lowest BCUT2D eigenvalue weighted by atomic mass is 9.89. The van der Waals surface area contributed by atoms with Crippen LogP contribution in [0.2, 0.25) is 0 Å². The van der Waals surface area contributed by atoms with Crippen LogP contribution < -0.4 is 5.73 Å². The molecule has 2 aromatic rings. The fourth-order valence-corrected chi connectivity index (χ4v) is 2.16. The molecule has 86 valence electrons. The molecule has 0 aliphatic carbocycles. The lowest BCUT2D eigenvalue weighted by molar-refractivity contribution is 0.506. The molecular formula is C13H19N3. The number of hydrogen-bond acceptors (Lipinski definition) is 2. The van der Waals surface area contributed by atoms with Crippen molar-refractivity contribution in [3.63, 3.8) is 0 Å². The predicted molar refractivity (Wildman–Crippen MR) is 66.6 cm³/mol. The highest BCUT2D eigenvalue weighted by Gasteiger charge is 2.14. The first-order chi connectivity index (χ1) is 7.61. The highest BCUT2D eigenvalue weighted by molar-refractivity contribution is 5.50. The molecule has 0 saturated heterocycles. The Hall–Kier alpha value is -1.35. The van der Waals surface area contributed by atoms with Crippen molar-refractivity contribution in [3.05, 3.63) is 35.7 Å². The molecule has 1 unspecified atom stereocenters. The summed E-state index contributed by atoms with van der Waals surface area (Å²) in [6, 6.07) is 6.41. The zero-order chi connectivity index (χ0) is 11.7. The molecule has 3 nitrogen and oxygen atoms in total. The molecule has 0 fully saturated rings. The van der Waals surface area contributed by atoms with Gasteiger partial charge in [0.25, 0.3) is 0 Å². The molecule has 2 aromatic heterocycles. The van der Waals surface area contributed by atoms with E-state index in [2.05, 4.69) is 37.1 Å². The van der Waals surface area contributed by atoms with Crippen molar-refractivity contribution in [2.24, 2.45) is 11.7 Å². The number of nitrogens with two attached hydrogens (primary N) is 1. The molecule has 0 saturated carbocycles. The Morgan fingerprint density at radius 1 is 1.38 bits per heavy atom. The summed E-state index contributed by atoms with van der Waals surface area (Å²) in [5.74, 6) is 0.997. The van der Waals surface area contributed by atoms with Gasteiger partial charge in [-0.3, -0.25) is 0 Å². The van der Waals surface area contributed by atoms with Crippen molar-refractivity contribution >= 4 is 5.52 Å². The van der Waals surface area contributed by atoms with Crippen molar-refractivity contribution in [1.82, 2.24) is 9.61 Å². The van der Waals surface area contributed by atoms with Crippen molar-refractivity contribution in [2.45, 2.75) is 26.7 Å². The van der Waals surface area contributed by atoms with E-state index in [4.69, 9.17) is 5.73 Å². The Bertz CT molecular complexity index is 485. The molecule has 0 aliphatic heterocycles. The van der Waals surface area contributed by atoms with Gasteiger partial charge < -0.3 is 5.73 Å². The zero-order valence-electron chi connectivity index (χ0n) is 10.1. The van der Waals surface area contributed by atoms with E-state index < -0.39 is 0 Å². The Kier molecular flexibility index (Phi) is 2.97. The molecule has 16 heavy (non-hydrogen) atoms. The summed E-state index contributed by atoms with van der Waals surface area (Å²) in [4.78, 5) is 0. The van der Waals surface area contributed by atoms with E-state index in [-0.39, 0.29) is 0 Å². The maximum Gasteiger partial charge on any atom is 0.0667 e. The summed E-state index contributed by atoms with van der Waals surface area (Å²) in [5.41, 5.74) is 9.34. The summed E-state index contributed by atoms with van der Waals surface area (Å²) in [5, 5.41) is 4.37. The fraction of sp³-hybridized carbons (Fsp3) is 0.462. The van der Waals surface area contributed by atoms with Crippen LogP contribution in [0.15, 0.2) is 24.4 Å². The zero-order valence-corrected chi connectivity index (χ0v) is 10.1. The Morgan fingerprint density at radius 2 is 2.12 bits per heavy atom. The number of aryl methyl sites for hydroxylation is 1. The van der Waals surface area contributed by atoms with E-state index in [1.165, 1.54) is 5.56 Å². The number of aromatic nitrogens is 2. The summed E-state index contributed by atoms with van der Waals surface area (Å²) >= 11 is 0. The second-order valence-corrected chi connectivity index (χ2v) is 4.70. The molecular weight excluding hydrogens is 198 g/mol. The van der Waals surface area contributed by atoms with Crippen LogP contribution >= 0.6 is 0 Å². The number of rotatable bonds is 3. The highest BCUT2D eigenvalue weighted by Crippen LogP contribution is 2.24. The van der Waals surface area contributed by atoms with Crippen LogP contribution in [0.4, 0.5) is 0 Å². The summed E-state index contributed by atoms with van der Waals surface area (Å²) in [6.07, 6.45) is 2.02. The van der Waals surface area contributed by atoms with Crippen LogP contribution in [0.5, 0.6) is 0 Å². The molecule has 0 aromatic carbocycles. The van der Waals surface area contributed by atoms with E-state index in [0.717, 1.165) is 11.2 Å². The third-order valence-corrected chi connectivity index (χ3v) is 3.10. The average Bonchev–Trinajstić information content (AvgIpc) is 2.57. The van der Waals surface area contributed by atoms with Gasteiger partial charge >= 0.3 is 0 Å². The second-order valence-electron chi connectivity index (χ2n) is 4.70. The molecule has 1 atom stereocenters. The Balaban J connectivity index is 2.44. The minimum atomic E-state index is 0.431. The fourth-order valence-electron chi connectivity index (χ4n) is 2.16. The molecule has 2 N–H and O–H groups in total. The highest BCUT2D eigenvalue weighted by atomic mass is 15.2. The number of fused-ring (bicyclic) bond motifs is 1. The van der Waals surface area contributed by atoms with Gasteiger partial charge in [-0.15, -0.1) is 0 Å². The van der Waals surface area contributed by atoms with Gasteiger partial charge in [0.05, 0.1) is 11.2 Å².